The second kappa shape index (κ2) is 7.45. The largest absolute Gasteiger partial charge is 0.460 e. The van der Waals surface area contributed by atoms with Crippen LogP contribution >= 0.6 is 23.6 Å². The van der Waals surface area contributed by atoms with Gasteiger partial charge < -0.3 is 14.5 Å². The number of carbonyl (C=O) groups is 2. The molecule has 3 rings (SSSR count). The van der Waals surface area contributed by atoms with Crippen LogP contribution in [-0.4, -0.2) is 23.6 Å². The topological polar surface area (TPSA) is 80.6 Å². The number of benzene rings is 1. The van der Waals surface area contributed by atoms with Gasteiger partial charge >= 0.3 is 5.97 Å². The van der Waals surface area contributed by atoms with E-state index in [0.29, 0.717) is 21.5 Å². The molecule has 0 bridgehead atoms. The van der Waals surface area contributed by atoms with Crippen LogP contribution in [0.15, 0.2) is 46.2 Å². The predicted molar refractivity (Wildman–Crippen MR) is 100 cm³/mol. The highest BCUT2D eigenvalue weighted by Gasteiger charge is 2.23. The molecule has 8 heteroatoms. The number of ether oxygens (including phenoxy) is 1. The van der Waals surface area contributed by atoms with Crippen LogP contribution < -0.4 is 10.6 Å². The summed E-state index contributed by atoms with van der Waals surface area (Å²) in [5, 5.41) is 7.99. The van der Waals surface area contributed by atoms with Crippen LogP contribution in [0.5, 0.6) is 0 Å². The number of thiophene rings is 1. The second-order valence-electron chi connectivity index (χ2n) is 4.91. The molecule has 25 heavy (non-hydrogen) atoms. The third kappa shape index (κ3) is 3.70. The molecule has 0 aliphatic carbocycles. The van der Waals surface area contributed by atoms with Gasteiger partial charge in [-0.2, -0.15) is 0 Å². The Balaban J connectivity index is 1.86. The van der Waals surface area contributed by atoms with Gasteiger partial charge in [-0.3, -0.25) is 10.1 Å². The van der Waals surface area contributed by atoms with Crippen molar-refractivity contribution in [2.45, 2.75) is 6.92 Å². The fourth-order valence-electron chi connectivity index (χ4n) is 2.23. The number of para-hydroxylation sites is 1. The molecule has 2 aromatic heterocycles. The predicted octanol–water partition coefficient (Wildman–Crippen LogP) is 3.80. The quantitative estimate of drug-likeness (QED) is 0.534. The number of thiocarbonyl (C=S) groups is 1. The number of furan rings is 1. The molecule has 0 radical (unpaired) electrons. The normalized spacial score (nSPS) is 10.4. The molecule has 0 unspecified atom stereocenters. The van der Waals surface area contributed by atoms with Gasteiger partial charge in [0.2, 0.25) is 5.76 Å². The first kappa shape index (κ1) is 17.1. The number of hydrogen-bond donors (Lipinski definition) is 2. The summed E-state index contributed by atoms with van der Waals surface area (Å²) in [6.07, 6.45) is 0. The summed E-state index contributed by atoms with van der Waals surface area (Å²) >= 11 is 6.50. The van der Waals surface area contributed by atoms with Crippen LogP contribution in [0, 0.1) is 0 Å². The van der Waals surface area contributed by atoms with Gasteiger partial charge in [-0.05, 0) is 42.7 Å². The Morgan fingerprint density at radius 1 is 1.24 bits per heavy atom. The van der Waals surface area contributed by atoms with E-state index in [4.69, 9.17) is 21.4 Å². The average Bonchev–Trinajstić information content (AvgIpc) is 3.23. The maximum Gasteiger partial charge on any atom is 0.376 e. The monoisotopic (exact) mass is 374 g/mol. The zero-order chi connectivity index (χ0) is 17.8. The van der Waals surface area contributed by atoms with Crippen LogP contribution in [0.1, 0.15) is 27.2 Å². The number of hydrogen-bond acceptors (Lipinski definition) is 6. The van der Waals surface area contributed by atoms with Gasteiger partial charge in [-0.15, -0.1) is 11.3 Å². The van der Waals surface area contributed by atoms with Crippen LogP contribution in [0.4, 0.5) is 5.69 Å². The third-order valence-corrected chi connectivity index (χ3v) is 4.34. The minimum atomic E-state index is -0.603. The summed E-state index contributed by atoms with van der Waals surface area (Å²) < 4.78 is 10.6. The number of amides is 1. The van der Waals surface area contributed by atoms with Gasteiger partial charge in [0.15, 0.2) is 5.11 Å². The standard InChI is InChI=1S/C17H14N2O4S2/c1-2-22-16(21)14-13(10-6-3-4-7-11(10)23-14)18-17(24)19-15(20)12-8-5-9-25-12/h3-9H,2H2,1H3,(H2,18,19,20,24). The first-order chi connectivity index (χ1) is 12.1. The van der Waals surface area contributed by atoms with E-state index < -0.39 is 5.97 Å². The van der Waals surface area contributed by atoms with Gasteiger partial charge in [-0.1, -0.05) is 18.2 Å². The smallest absolute Gasteiger partial charge is 0.376 e. The van der Waals surface area contributed by atoms with E-state index in [2.05, 4.69) is 10.6 Å². The number of esters is 1. The Labute approximate surface area is 152 Å². The zero-order valence-corrected chi connectivity index (χ0v) is 14.8. The number of anilines is 1. The first-order valence-corrected chi connectivity index (χ1v) is 8.73. The molecule has 0 fully saturated rings. The Bertz CT molecular complexity index is 931. The summed E-state index contributed by atoms with van der Waals surface area (Å²) in [6, 6.07) is 10.6. The van der Waals surface area contributed by atoms with Gasteiger partial charge in [0.25, 0.3) is 5.91 Å². The number of nitrogens with one attached hydrogen (secondary N) is 2. The van der Waals surface area contributed by atoms with E-state index in [1.807, 2.05) is 6.07 Å². The Kier molecular flexibility index (Phi) is 5.11. The molecule has 3 aromatic rings. The van der Waals surface area contributed by atoms with Crippen molar-refractivity contribution >= 4 is 57.2 Å². The van der Waals surface area contributed by atoms with E-state index in [1.165, 1.54) is 11.3 Å². The number of rotatable bonds is 4. The van der Waals surface area contributed by atoms with Crippen molar-refractivity contribution in [3.63, 3.8) is 0 Å². The maximum absolute atomic E-state index is 12.1. The molecule has 2 heterocycles. The molecule has 128 valence electrons. The summed E-state index contributed by atoms with van der Waals surface area (Å²) in [6.45, 7) is 1.93. The zero-order valence-electron chi connectivity index (χ0n) is 13.2. The minimum Gasteiger partial charge on any atom is -0.460 e. The average molecular weight is 374 g/mol. The van der Waals surface area contributed by atoms with Crippen molar-refractivity contribution in [2.24, 2.45) is 0 Å². The lowest BCUT2D eigenvalue weighted by molar-refractivity contribution is 0.0494. The molecule has 6 nitrogen and oxygen atoms in total. The lowest BCUT2D eigenvalue weighted by atomic mass is 10.2. The molecule has 0 saturated heterocycles. The van der Waals surface area contributed by atoms with Crippen LogP contribution in [0.2, 0.25) is 0 Å². The van der Waals surface area contributed by atoms with Crippen molar-refractivity contribution < 1.29 is 18.7 Å². The van der Waals surface area contributed by atoms with E-state index in [0.717, 1.165) is 0 Å². The minimum absolute atomic E-state index is 0.00997. The molecule has 1 amide bonds. The molecule has 0 aliphatic heterocycles. The summed E-state index contributed by atoms with van der Waals surface area (Å²) in [4.78, 5) is 24.8. The molecule has 0 aliphatic rings. The lowest BCUT2D eigenvalue weighted by Crippen LogP contribution is -2.34. The van der Waals surface area contributed by atoms with E-state index in [1.54, 1.807) is 42.6 Å². The fraction of sp³-hybridized carbons (Fsp3) is 0.118. The van der Waals surface area contributed by atoms with Crippen molar-refractivity contribution in [3.8, 4) is 0 Å². The highest BCUT2D eigenvalue weighted by Crippen LogP contribution is 2.31. The van der Waals surface area contributed by atoms with Crippen LogP contribution in [0.3, 0.4) is 0 Å². The number of carbonyl (C=O) groups excluding carboxylic acids is 2. The fourth-order valence-corrected chi connectivity index (χ4v) is 3.04. The van der Waals surface area contributed by atoms with Gasteiger partial charge in [0.05, 0.1) is 11.5 Å². The summed E-state index contributed by atoms with van der Waals surface area (Å²) in [5.74, 6) is -0.914. The number of fused-ring (bicyclic) bond motifs is 1. The second-order valence-corrected chi connectivity index (χ2v) is 6.26. The van der Waals surface area contributed by atoms with Crippen LogP contribution in [-0.2, 0) is 4.74 Å². The highest BCUT2D eigenvalue weighted by atomic mass is 32.1. The van der Waals surface area contributed by atoms with E-state index >= 15 is 0 Å². The Morgan fingerprint density at radius 3 is 2.76 bits per heavy atom. The molecular weight excluding hydrogens is 360 g/mol. The first-order valence-electron chi connectivity index (χ1n) is 7.44. The summed E-state index contributed by atoms with van der Waals surface area (Å²) in [5.41, 5.74) is 0.881. The SMILES string of the molecule is CCOC(=O)c1oc2ccccc2c1NC(=S)NC(=O)c1cccs1. The van der Waals surface area contributed by atoms with Gasteiger partial charge in [-0.25, -0.2) is 4.79 Å². The van der Waals surface area contributed by atoms with Crippen molar-refractivity contribution in [3.05, 3.63) is 52.4 Å². The molecule has 2 N–H and O–H groups in total. The van der Waals surface area contributed by atoms with E-state index in [9.17, 15) is 9.59 Å². The summed E-state index contributed by atoms with van der Waals surface area (Å²) in [7, 11) is 0. The van der Waals surface area contributed by atoms with Crippen LogP contribution in [0.25, 0.3) is 11.0 Å². The molecule has 0 saturated carbocycles. The van der Waals surface area contributed by atoms with Crippen molar-refractivity contribution in [1.29, 1.82) is 0 Å². The van der Waals surface area contributed by atoms with Crippen molar-refractivity contribution in [1.82, 2.24) is 5.32 Å². The molecule has 0 atom stereocenters. The van der Waals surface area contributed by atoms with Crippen molar-refractivity contribution in [2.75, 3.05) is 11.9 Å². The lowest BCUT2D eigenvalue weighted by Gasteiger charge is -2.09. The Hall–Kier alpha value is -2.71. The van der Waals surface area contributed by atoms with E-state index in [-0.39, 0.29) is 23.4 Å². The maximum atomic E-state index is 12.1. The third-order valence-electron chi connectivity index (χ3n) is 3.27. The molecular formula is C17H14N2O4S2. The molecule has 0 spiro atoms. The van der Waals surface area contributed by atoms with Gasteiger partial charge in [0.1, 0.15) is 11.3 Å². The molecule has 1 aromatic carbocycles. The Morgan fingerprint density at radius 2 is 2.04 bits per heavy atom. The van der Waals surface area contributed by atoms with Gasteiger partial charge in [0, 0.05) is 5.39 Å². The highest BCUT2D eigenvalue weighted by molar-refractivity contribution is 7.80.